The first-order valence-electron chi connectivity index (χ1n) is 14.6. The lowest BCUT2D eigenvalue weighted by Gasteiger charge is -2.36. The monoisotopic (exact) mass is 535 g/mol. The molecule has 2 aliphatic rings. The van der Waals surface area contributed by atoms with Crippen molar-refractivity contribution in [3.05, 3.63) is 89.4 Å². The first-order chi connectivity index (χ1) is 19.6. The van der Waals surface area contributed by atoms with Crippen LogP contribution in [0.5, 0.6) is 0 Å². The number of carbonyl (C=O) groups is 2. The lowest BCUT2D eigenvalue weighted by Crippen LogP contribution is -2.46. The molecule has 2 saturated heterocycles. The van der Waals surface area contributed by atoms with Crippen LogP contribution in [0.2, 0.25) is 0 Å². The van der Waals surface area contributed by atoms with E-state index >= 15 is 0 Å². The van der Waals surface area contributed by atoms with Gasteiger partial charge in [0.1, 0.15) is 5.78 Å². The van der Waals surface area contributed by atoms with E-state index in [-0.39, 0.29) is 11.7 Å². The number of hydrogen-bond acceptors (Lipinski definition) is 5. The van der Waals surface area contributed by atoms with E-state index in [0.717, 1.165) is 59.2 Å². The molecule has 1 amide bonds. The maximum atomic E-state index is 13.7. The summed E-state index contributed by atoms with van der Waals surface area (Å²) in [5.41, 5.74) is 5.46. The molecule has 2 aromatic carbocycles. The molecule has 2 aromatic heterocycles. The molecule has 0 radical (unpaired) electrons. The Hall–Kier alpha value is -3.84. The summed E-state index contributed by atoms with van der Waals surface area (Å²) >= 11 is 0. The molecule has 4 heterocycles. The third-order valence-electron chi connectivity index (χ3n) is 8.50. The zero-order chi connectivity index (χ0) is 27.5. The van der Waals surface area contributed by atoms with Crippen LogP contribution in [0.1, 0.15) is 59.3 Å². The predicted octanol–water partition coefficient (Wildman–Crippen LogP) is 5.17. The van der Waals surface area contributed by atoms with Gasteiger partial charge in [0.25, 0.3) is 5.91 Å². The molecule has 7 heteroatoms. The van der Waals surface area contributed by atoms with Crippen LogP contribution in [0.4, 0.5) is 0 Å². The molecule has 0 spiro atoms. The molecule has 0 saturated carbocycles. The number of aromatic nitrogens is 3. The highest BCUT2D eigenvalue weighted by Crippen LogP contribution is 2.27. The Balaban J connectivity index is 1.18. The summed E-state index contributed by atoms with van der Waals surface area (Å²) in [7, 11) is 0. The van der Waals surface area contributed by atoms with E-state index in [1.54, 1.807) is 6.20 Å². The number of hydrogen-bond donors (Lipinski definition) is 0. The SMILES string of the molecule is Cc1cc(CC(=O)CCc2cccnc2)ccc1-n1nc(C(=O)N2CCC(N3CCCC3)CC2)c2ccccc21. The Morgan fingerprint density at radius 2 is 1.73 bits per heavy atom. The fourth-order valence-corrected chi connectivity index (χ4v) is 6.31. The summed E-state index contributed by atoms with van der Waals surface area (Å²) < 4.78 is 1.89. The summed E-state index contributed by atoms with van der Waals surface area (Å²) in [6.07, 6.45) is 9.82. The number of para-hydroxylation sites is 1. The summed E-state index contributed by atoms with van der Waals surface area (Å²) in [6, 6.07) is 18.6. The number of aryl methyl sites for hydroxylation is 2. The van der Waals surface area contributed by atoms with Crippen molar-refractivity contribution in [1.82, 2.24) is 24.6 Å². The van der Waals surface area contributed by atoms with Crippen molar-refractivity contribution < 1.29 is 9.59 Å². The highest BCUT2D eigenvalue weighted by molar-refractivity contribution is 6.05. The van der Waals surface area contributed by atoms with Crippen LogP contribution in [0.3, 0.4) is 0 Å². The van der Waals surface area contributed by atoms with Gasteiger partial charge in [-0.15, -0.1) is 0 Å². The number of ketones is 1. The fourth-order valence-electron chi connectivity index (χ4n) is 6.31. The third-order valence-corrected chi connectivity index (χ3v) is 8.50. The number of nitrogens with zero attached hydrogens (tertiary/aromatic N) is 5. The molecule has 0 unspecified atom stereocenters. The average Bonchev–Trinajstić information content (AvgIpc) is 3.66. The lowest BCUT2D eigenvalue weighted by molar-refractivity contribution is -0.118. The van der Waals surface area contributed by atoms with Gasteiger partial charge in [0.2, 0.25) is 0 Å². The van der Waals surface area contributed by atoms with Gasteiger partial charge in [-0.25, -0.2) is 4.68 Å². The number of amides is 1. The van der Waals surface area contributed by atoms with Crippen LogP contribution in [0.15, 0.2) is 67.0 Å². The Morgan fingerprint density at radius 1 is 0.925 bits per heavy atom. The molecular weight excluding hydrogens is 498 g/mol. The van der Waals surface area contributed by atoms with E-state index in [1.807, 2.05) is 71.2 Å². The van der Waals surface area contributed by atoms with Crippen molar-refractivity contribution in [3.63, 3.8) is 0 Å². The molecule has 7 nitrogen and oxygen atoms in total. The Labute approximate surface area is 235 Å². The van der Waals surface area contributed by atoms with Gasteiger partial charge >= 0.3 is 0 Å². The summed E-state index contributed by atoms with van der Waals surface area (Å²) in [5, 5.41) is 5.77. The largest absolute Gasteiger partial charge is 0.337 e. The van der Waals surface area contributed by atoms with E-state index in [4.69, 9.17) is 5.10 Å². The number of pyridine rings is 1. The topological polar surface area (TPSA) is 71.3 Å². The van der Waals surface area contributed by atoms with Crippen molar-refractivity contribution in [3.8, 4) is 5.69 Å². The maximum Gasteiger partial charge on any atom is 0.275 e. The number of benzene rings is 2. The molecule has 0 bridgehead atoms. The first-order valence-corrected chi connectivity index (χ1v) is 14.6. The van der Waals surface area contributed by atoms with E-state index in [2.05, 4.69) is 16.0 Å². The van der Waals surface area contributed by atoms with Gasteiger partial charge in [0.05, 0.1) is 11.2 Å². The van der Waals surface area contributed by atoms with Crippen LogP contribution in [-0.2, 0) is 17.6 Å². The third kappa shape index (κ3) is 5.56. The van der Waals surface area contributed by atoms with Crippen molar-refractivity contribution in [2.24, 2.45) is 0 Å². The quantitative estimate of drug-likeness (QED) is 0.311. The molecule has 6 rings (SSSR count). The molecule has 2 aliphatic heterocycles. The van der Waals surface area contributed by atoms with Gasteiger partial charge < -0.3 is 9.80 Å². The Morgan fingerprint density at radius 3 is 2.48 bits per heavy atom. The lowest BCUT2D eigenvalue weighted by atomic mass is 10.0. The van der Waals surface area contributed by atoms with E-state index in [9.17, 15) is 9.59 Å². The minimum Gasteiger partial charge on any atom is -0.337 e. The zero-order valence-corrected chi connectivity index (χ0v) is 23.3. The molecule has 0 atom stereocenters. The van der Waals surface area contributed by atoms with Crippen LogP contribution >= 0.6 is 0 Å². The van der Waals surface area contributed by atoms with E-state index in [0.29, 0.717) is 31.0 Å². The summed E-state index contributed by atoms with van der Waals surface area (Å²) in [4.78, 5) is 35.1. The second-order valence-electron chi connectivity index (χ2n) is 11.2. The Bertz CT molecular complexity index is 1500. The molecule has 2 fully saturated rings. The molecule has 206 valence electrons. The van der Waals surface area contributed by atoms with Crippen molar-refractivity contribution in [2.45, 2.75) is 57.9 Å². The summed E-state index contributed by atoms with van der Waals surface area (Å²) in [6.45, 7) is 6.00. The standard InChI is InChI=1S/C33H37N5O2/c1-24-21-26(22-28(39)12-10-25-7-6-16-34-23-25)11-13-30(24)38-31-9-3-2-8-29(31)32(35-38)33(40)37-19-14-27(15-20-37)36-17-4-5-18-36/h2-3,6-9,11,13,16,21,23,27H,4-5,10,12,14-15,17-20,22H2,1H3. The normalized spacial score (nSPS) is 16.6. The minimum atomic E-state index is 0.0170. The van der Waals surface area contributed by atoms with Crippen molar-refractivity contribution in [2.75, 3.05) is 26.2 Å². The number of carbonyl (C=O) groups excluding carboxylic acids is 2. The fraction of sp³-hybridized carbons (Fsp3) is 0.394. The highest BCUT2D eigenvalue weighted by atomic mass is 16.2. The maximum absolute atomic E-state index is 13.7. The van der Waals surface area contributed by atoms with Gasteiger partial charge in [0.15, 0.2) is 5.69 Å². The van der Waals surface area contributed by atoms with Crippen LogP contribution in [-0.4, -0.2) is 68.5 Å². The molecule has 0 N–H and O–H groups in total. The number of Topliss-reactive ketones (excluding diaryl/α,β-unsaturated/α-hetero) is 1. The van der Waals surface area contributed by atoms with Crippen molar-refractivity contribution >= 4 is 22.6 Å². The molecule has 4 aromatic rings. The van der Waals surface area contributed by atoms with Gasteiger partial charge in [-0.3, -0.25) is 14.6 Å². The Kier molecular flexibility index (Phi) is 7.73. The van der Waals surface area contributed by atoms with E-state index < -0.39 is 0 Å². The number of piperidine rings is 1. The van der Waals surface area contributed by atoms with Gasteiger partial charge in [0, 0.05) is 49.8 Å². The number of fused-ring (bicyclic) bond motifs is 1. The molecular formula is C33H37N5O2. The van der Waals surface area contributed by atoms with Crippen LogP contribution in [0.25, 0.3) is 16.6 Å². The highest BCUT2D eigenvalue weighted by Gasteiger charge is 2.30. The van der Waals surface area contributed by atoms with E-state index in [1.165, 1.54) is 25.9 Å². The second-order valence-corrected chi connectivity index (χ2v) is 11.2. The van der Waals surface area contributed by atoms with Crippen LogP contribution in [0, 0.1) is 6.92 Å². The van der Waals surface area contributed by atoms with Gasteiger partial charge in [-0.05, 0) is 87.0 Å². The van der Waals surface area contributed by atoms with Gasteiger partial charge in [-0.1, -0.05) is 36.4 Å². The molecule has 0 aliphatic carbocycles. The predicted molar refractivity (Wildman–Crippen MR) is 157 cm³/mol. The number of likely N-dealkylation sites (tertiary alicyclic amines) is 2. The zero-order valence-electron chi connectivity index (χ0n) is 23.3. The number of rotatable bonds is 8. The minimum absolute atomic E-state index is 0.0170. The van der Waals surface area contributed by atoms with Crippen molar-refractivity contribution in [1.29, 1.82) is 0 Å². The van der Waals surface area contributed by atoms with Gasteiger partial charge in [-0.2, -0.15) is 5.10 Å². The average molecular weight is 536 g/mol. The van der Waals surface area contributed by atoms with Crippen LogP contribution < -0.4 is 0 Å². The summed E-state index contributed by atoms with van der Waals surface area (Å²) in [5.74, 6) is 0.227. The second kappa shape index (κ2) is 11.7. The smallest absolute Gasteiger partial charge is 0.275 e. The first kappa shape index (κ1) is 26.4. The molecule has 40 heavy (non-hydrogen) atoms.